The first kappa shape index (κ1) is 22.2. The molecule has 0 unspecified atom stereocenters. The van der Waals surface area contributed by atoms with Crippen LogP contribution in [-0.4, -0.2) is 30.5 Å². The van der Waals surface area contributed by atoms with Crippen LogP contribution in [0.5, 0.6) is 0 Å². The average Bonchev–Trinajstić information content (AvgIpc) is 3.17. The van der Waals surface area contributed by atoms with Crippen LogP contribution < -0.4 is 10.2 Å². The summed E-state index contributed by atoms with van der Waals surface area (Å²) < 4.78 is 39.2. The highest BCUT2D eigenvalue weighted by molar-refractivity contribution is 6.01. The number of hydrogen-bond acceptors (Lipinski definition) is 2. The largest absolute Gasteiger partial charge is 0.416 e. The number of nitrogens with zero attached hydrogens (tertiary/aromatic N) is 1. The molecule has 1 amide bonds. The summed E-state index contributed by atoms with van der Waals surface area (Å²) in [7, 11) is 0. The summed E-state index contributed by atoms with van der Waals surface area (Å²) in [6.45, 7) is 4.49. The number of amides is 1. The molecule has 3 aromatic rings. The minimum absolute atomic E-state index is 0.295. The molecule has 0 saturated carbocycles. The number of aromatic nitrogens is 1. The molecule has 2 heterocycles. The Morgan fingerprint density at radius 3 is 2.44 bits per heavy atom. The maximum absolute atomic E-state index is 13.1. The van der Waals surface area contributed by atoms with Gasteiger partial charge in [-0.25, -0.2) is 0 Å². The van der Waals surface area contributed by atoms with Crippen molar-refractivity contribution in [3.05, 3.63) is 64.8 Å². The van der Waals surface area contributed by atoms with Crippen LogP contribution in [-0.2, 0) is 19.0 Å². The fourth-order valence-electron chi connectivity index (χ4n) is 4.42. The van der Waals surface area contributed by atoms with Crippen molar-refractivity contribution < 1.29 is 18.0 Å². The van der Waals surface area contributed by atoms with Gasteiger partial charge in [0.2, 0.25) is 0 Å². The Labute approximate surface area is 185 Å². The van der Waals surface area contributed by atoms with Crippen LogP contribution in [0.15, 0.2) is 42.5 Å². The Kier molecular flexibility index (Phi) is 6.44. The van der Waals surface area contributed by atoms with Crippen molar-refractivity contribution in [3.63, 3.8) is 0 Å². The first-order valence-corrected chi connectivity index (χ1v) is 11.2. The van der Waals surface area contributed by atoms with E-state index in [0.717, 1.165) is 30.8 Å². The molecule has 7 heteroatoms. The fourth-order valence-corrected chi connectivity index (χ4v) is 4.42. The molecule has 1 saturated heterocycles. The third-order valence-corrected chi connectivity index (χ3v) is 6.17. The molecule has 1 aliphatic rings. The lowest BCUT2D eigenvalue weighted by Gasteiger charge is -2.28. The van der Waals surface area contributed by atoms with Crippen LogP contribution in [0.3, 0.4) is 0 Å². The van der Waals surface area contributed by atoms with Gasteiger partial charge in [-0.3, -0.25) is 4.79 Å². The van der Waals surface area contributed by atoms with Gasteiger partial charge in [0.15, 0.2) is 0 Å². The molecule has 0 aliphatic carbocycles. The van der Waals surface area contributed by atoms with E-state index < -0.39 is 11.7 Å². The number of anilines is 1. The van der Waals surface area contributed by atoms with Crippen LogP contribution in [0.25, 0.3) is 10.9 Å². The summed E-state index contributed by atoms with van der Waals surface area (Å²) >= 11 is 0. The molecule has 0 bridgehead atoms. The first-order chi connectivity index (χ1) is 15.4. The van der Waals surface area contributed by atoms with Crippen LogP contribution in [0, 0.1) is 0 Å². The van der Waals surface area contributed by atoms with E-state index in [0.29, 0.717) is 41.5 Å². The predicted octanol–water partition coefficient (Wildman–Crippen LogP) is 5.71. The molecule has 4 nitrogen and oxygen atoms in total. The topological polar surface area (TPSA) is 48.1 Å². The van der Waals surface area contributed by atoms with Crippen LogP contribution in [0.4, 0.5) is 18.9 Å². The van der Waals surface area contributed by atoms with Gasteiger partial charge in [-0.15, -0.1) is 0 Å². The fraction of sp³-hybridized carbons (Fsp3) is 0.400. The molecule has 2 N–H and O–H groups in total. The Balaban J connectivity index is 1.40. The maximum Gasteiger partial charge on any atom is 0.416 e. The minimum Gasteiger partial charge on any atom is -0.372 e. The Morgan fingerprint density at radius 2 is 1.78 bits per heavy atom. The predicted molar refractivity (Wildman–Crippen MR) is 121 cm³/mol. The van der Waals surface area contributed by atoms with Crippen LogP contribution >= 0.6 is 0 Å². The number of carbonyl (C=O) groups is 1. The summed E-state index contributed by atoms with van der Waals surface area (Å²) in [6.07, 6.45) is 0.502. The second-order valence-electron chi connectivity index (χ2n) is 8.31. The van der Waals surface area contributed by atoms with Crippen LogP contribution in [0.1, 0.15) is 53.4 Å². The summed E-state index contributed by atoms with van der Waals surface area (Å²) in [6, 6.07) is 12.0. The Bertz CT molecular complexity index is 1080. The van der Waals surface area contributed by atoms with E-state index in [1.165, 1.54) is 31.0 Å². The third-order valence-electron chi connectivity index (χ3n) is 6.17. The number of carbonyl (C=O) groups excluding carboxylic acids is 1. The second kappa shape index (κ2) is 9.27. The molecular formula is C25H28F3N3O. The number of piperidine rings is 1. The number of alkyl halides is 3. The van der Waals surface area contributed by atoms with Gasteiger partial charge in [0, 0.05) is 36.2 Å². The van der Waals surface area contributed by atoms with Gasteiger partial charge in [-0.05, 0) is 73.6 Å². The summed E-state index contributed by atoms with van der Waals surface area (Å²) in [4.78, 5) is 18.2. The van der Waals surface area contributed by atoms with Gasteiger partial charge in [-0.1, -0.05) is 19.1 Å². The van der Waals surface area contributed by atoms with Crippen molar-refractivity contribution >= 4 is 22.5 Å². The molecule has 0 spiro atoms. The van der Waals surface area contributed by atoms with Gasteiger partial charge in [0.25, 0.3) is 5.91 Å². The van der Waals surface area contributed by atoms with E-state index >= 15 is 0 Å². The van der Waals surface area contributed by atoms with E-state index in [1.807, 2.05) is 6.92 Å². The molecule has 1 fully saturated rings. The number of H-pyrrole nitrogens is 1. The molecule has 0 radical (unpaired) electrons. The Hall–Kier alpha value is -2.96. The first-order valence-electron chi connectivity index (χ1n) is 11.2. The SMILES string of the molecule is CCc1c(C(=O)NCCc2ccc(N3CCCCC3)cc2)[nH]c2ccc(C(F)(F)F)cc12. The lowest BCUT2D eigenvalue weighted by molar-refractivity contribution is -0.137. The molecule has 170 valence electrons. The van der Waals surface area contributed by atoms with E-state index in [9.17, 15) is 18.0 Å². The van der Waals surface area contributed by atoms with E-state index in [2.05, 4.69) is 39.5 Å². The number of rotatable bonds is 6. The van der Waals surface area contributed by atoms with Crippen molar-refractivity contribution in [1.29, 1.82) is 0 Å². The summed E-state index contributed by atoms with van der Waals surface area (Å²) in [5.74, 6) is -0.295. The van der Waals surface area contributed by atoms with Gasteiger partial charge < -0.3 is 15.2 Å². The molecule has 2 aromatic carbocycles. The number of aryl methyl sites for hydroxylation is 1. The number of hydrogen-bond donors (Lipinski definition) is 2. The molecule has 32 heavy (non-hydrogen) atoms. The summed E-state index contributed by atoms with van der Waals surface area (Å²) in [5.41, 5.74) is 3.14. The number of halogens is 3. The van der Waals surface area contributed by atoms with Gasteiger partial charge in [0.05, 0.1) is 5.56 Å². The number of aromatic amines is 1. The Morgan fingerprint density at radius 1 is 1.06 bits per heavy atom. The standard InChI is InChI=1S/C25H28F3N3O/c1-2-20-21-16-18(25(26,27)28)8-11-22(21)30-23(20)24(32)29-13-12-17-6-9-19(10-7-17)31-14-4-3-5-15-31/h6-11,16,30H,2-5,12-15H2,1H3,(H,29,32). The maximum atomic E-state index is 13.1. The number of benzene rings is 2. The molecule has 1 aliphatic heterocycles. The highest BCUT2D eigenvalue weighted by Gasteiger charge is 2.31. The van der Waals surface area contributed by atoms with Crippen molar-refractivity contribution in [2.45, 2.75) is 45.2 Å². The number of nitrogens with one attached hydrogen (secondary N) is 2. The van der Waals surface area contributed by atoms with Crippen molar-refractivity contribution in [3.8, 4) is 0 Å². The van der Waals surface area contributed by atoms with Gasteiger partial charge in [0.1, 0.15) is 5.69 Å². The van der Waals surface area contributed by atoms with E-state index in [-0.39, 0.29) is 5.91 Å². The molecular weight excluding hydrogens is 415 g/mol. The number of fused-ring (bicyclic) bond motifs is 1. The monoisotopic (exact) mass is 443 g/mol. The normalized spacial score (nSPS) is 14.7. The quantitative estimate of drug-likeness (QED) is 0.513. The van der Waals surface area contributed by atoms with Gasteiger partial charge in [-0.2, -0.15) is 13.2 Å². The van der Waals surface area contributed by atoms with Crippen molar-refractivity contribution in [2.75, 3.05) is 24.5 Å². The second-order valence-corrected chi connectivity index (χ2v) is 8.31. The highest BCUT2D eigenvalue weighted by atomic mass is 19.4. The average molecular weight is 444 g/mol. The zero-order valence-corrected chi connectivity index (χ0v) is 18.2. The van der Waals surface area contributed by atoms with Crippen LogP contribution in [0.2, 0.25) is 0 Å². The summed E-state index contributed by atoms with van der Waals surface area (Å²) in [5, 5.41) is 3.35. The van der Waals surface area contributed by atoms with E-state index in [4.69, 9.17) is 0 Å². The van der Waals surface area contributed by atoms with Crippen molar-refractivity contribution in [1.82, 2.24) is 10.3 Å². The zero-order chi connectivity index (χ0) is 22.7. The third kappa shape index (κ3) is 4.76. The molecule has 1 aromatic heterocycles. The lowest BCUT2D eigenvalue weighted by atomic mass is 10.0. The lowest BCUT2D eigenvalue weighted by Crippen LogP contribution is -2.29. The smallest absolute Gasteiger partial charge is 0.372 e. The highest BCUT2D eigenvalue weighted by Crippen LogP contribution is 2.33. The van der Waals surface area contributed by atoms with E-state index in [1.54, 1.807) is 0 Å². The van der Waals surface area contributed by atoms with Gasteiger partial charge >= 0.3 is 6.18 Å². The molecule has 0 atom stereocenters. The zero-order valence-electron chi connectivity index (χ0n) is 18.2. The van der Waals surface area contributed by atoms with Crippen molar-refractivity contribution in [2.24, 2.45) is 0 Å². The minimum atomic E-state index is -4.41. The molecule has 4 rings (SSSR count).